The first-order valence-electron chi connectivity index (χ1n) is 13.0. The molecule has 39 heavy (non-hydrogen) atoms. The van der Waals surface area contributed by atoms with Crippen molar-refractivity contribution in [2.45, 2.75) is 46.3 Å². The molecule has 200 valence electrons. The highest BCUT2D eigenvalue weighted by Gasteiger charge is 2.48. The number of amides is 1. The van der Waals surface area contributed by atoms with Gasteiger partial charge >= 0.3 is 5.91 Å². The molecule has 1 atom stereocenters. The second-order valence-corrected chi connectivity index (χ2v) is 10.5. The SMILES string of the molecule is CCOc1ccc(C(O)=C2C(=O)C(=O)N(c3nc4ccc(CC)cc4s3)[C@H]2c2ccc(OC(C)C)cc2)cc1. The van der Waals surface area contributed by atoms with Crippen LogP contribution in [0.25, 0.3) is 16.0 Å². The van der Waals surface area contributed by atoms with Crippen LogP contribution < -0.4 is 14.4 Å². The lowest BCUT2D eigenvalue weighted by Crippen LogP contribution is -2.29. The summed E-state index contributed by atoms with van der Waals surface area (Å²) in [5.74, 6) is -0.426. The van der Waals surface area contributed by atoms with Crippen LogP contribution in [0.3, 0.4) is 0 Å². The van der Waals surface area contributed by atoms with Crippen molar-refractivity contribution in [2.24, 2.45) is 0 Å². The van der Waals surface area contributed by atoms with E-state index in [1.807, 2.05) is 45.0 Å². The van der Waals surface area contributed by atoms with Crippen molar-refractivity contribution in [3.8, 4) is 11.5 Å². The molecule has 1 aliphatic heterocycles. The summed E-state index contributed by atoms with van der Waals surface area (Å²) in [6, 6.07) is 19.2. The molecule has 3 aromatic carbocycles. The molecule has 7 nitrogen and oxygen atoms in total. The van der Waals surface area contributed by atoms with Gasteiger partial charge in [0.1, 0.15) is 17.3 Å². The molecule has 1 saturated heterocycles. The topological polar surface area (TPSA) is 89.0 Å². The number of aryl methyl sites for hydroxylation is 1. The summed E-state index contributed by atoms with van der Waals surface area (Å²) in [5, 5.41) is 11.8. The number of hydrogen-bond donors (Lipinski definition) is 1. The number of aliphatic hydroxyl groups excluding tert-OH is 1. The van der Waals surface area contributed by atoms with Crippen LogP contribution in [0.15, 0.2) is 72.3 Å². The second kappa shape index (κ2) is 10.9. The molecule has 1 N–H and O–H groups in total. The minimum atomic E-state index is -0.865. The van der Waals surface area contributed by atoms with E-state index in [2.05, 4.69) is 13.0 Å². The van der Waals surface area contributed by atoms with Gasteiger partial charge < -0.3 is 14.6 Å². The van der Waals surface area contributed by atoms with E-state index < -0.39 is 17.7 Å². The fraction of sp³-hybridized carbons (Fsp3) is 0.258. The molecule has 8 heteroatoms. The molecule has 0 aliphatic carbocycles. The summed E-state index contributed by atoms with van der Waals surface area (Å²) in [6.45, 7) is 8.36. The Balaban J connectivity index is 1.65. The fourth-order valence-electron chi connectivity index (χ4n) is 4.66. The van der Waals surface area contributed by atoms with Gasteiger partial charge in [0.05, 0.1) is 34.5 Å². The van der Waals surface area contributed by atoms with Gasteiger partial charge in [0.15, 0.2) is 5.13 Å². The predicted octanol–water partition coefficient (Wildman–Crippen LogP) is 6.67. The lowest BCUT2D eigenvalue weighted by atomic mass is 9.95. The molecule has 0 spiro atoms. The summed E-state index contributed by atoms with van der Waals surface area (Å²) >= 11 is 1.35. The Bertz CT molecular complexity index is 1550. The molecule has 0 unspecified atom stereocenters. The smallest absolute Gasteiger partial charge is 0.301 e. The van der Waals surface area contributed by atoms with Crippen molar-refractivity contribution in [2.75, 3.05) is 11.5 Å². The molecule has 1 aliphatic rings. The van der Waals surface area contributed by atoms with Crippen LogP contribution in [0, 0.1) is 0 Å². The maximum atomic E-state index is 13.5. The summed E-state index contributed by atoms with van der Waals surface area (Å²) < 4.78 is 12.2. The molecule has 1 fully saturated rings. The maximum absolute atomic E-state index is 13.5. The van der Waals surface area contributed by atoms with E-state index in [0.29, 0.717) is 34.4 Å². The molecule has 4 aromatic rings. The van der Waals surface area contributed by atoms with Crippen LogP contribution in [0.4, 0.5) is 5.13 Å². The molecule has 1 amide bonds. The Hall–Kier alpha value is -4.17. The first kappa shape index (κ1) is 26.4. The highest BCUT2D eigenvalue weighted by molar-refractivity contribution is 7.22. The first-order chi connectivity index (χ1) is 18.8. The molecule has 1 aromatic heterocycles. The Kier molecular flexibility index (Phi) is 7.39. The zero-order valence-electron chi connectivity index (χ0n) is 22.3. The molecule has 5 rings (SSSR count). The van der Waals surface area contributed by atoms with Crippen LogP contribution >= 0.6 is 11.3 Å². The predicted molar refractivity (Wildman–Crippen MR) is 154 cm³/mol. The molecule has 0 saturated carbocycles. The van der Waals surface area contributed by atoms with Crippen LogP contribution in [-0.4, -0.2) is 34.5 Å². The maximum Gasteiger partial charge on any atom is 0.301 e. The zero-order chi connectivity index (χ0) is 27.7. The van der Waals surface area contributed by atoms with Crippen molar-refractivity contribution >= 4 is 44.1 Å². The van der Waals surface area contributed by atoms with Crippen molar-refractivity contribution in [3.05, 3.63) is 89.0 Å². The van der Waals surface area contributed by atoms with E-state index in [4.69, 9.17) is 14.5 Å². The summed E-state index contributed by atoms with van der Waals surface area (Å²) in [5.41, 5.74) is 2.99. The number of aliphatic hydroxyl groups is 1. The fourth-order valence-corrected chi connectivity index (χ4v) is 5.71. The highest BCUT2D eigenvalue weighted by Crippen LogP contribution is 2.44. The molecule has 2 heterocycles. The van der Waals surface area contributed by atoms with Crippen LogP contribution in [-0.2, 0) is 16.0 Å². The van der Waals surface area contributed by atoms with Gasteiger partial charge in [-0.05, 0) is 86.8 Å². The standard InChI is InChI=1S/C31H30N2O5S/c1-5-19-7-16-24-25(17-19)39-31(32-24)33-27(20-8-14-23(15-9-20)38-18(3)4)26(29(35)30(33)36)28(34)21-10-12-22(13-11-21)37-6-2/h7-18,27,34H,5-6H2,1-4H3/t27-/m0/s1. The van der Waals surface area contributed by atoms with E-state index in [0.717, 1.165) is 22.2 Å². The number of ketones is 1. The highest BCUT2D eigenvalue weighted by atomic mass is 32.1. The lowest BCUT2D eigenvalue weighted by Gasteiger charge is -2.23. The number of nitrogens with zero attached hydrogens (tertiary/aromatic N) is 2. The summed E-state index contributed by atoms with van der Waals surface area (Å²) in [7, 11) is 0. The average Bonchev–Trinajstić information content (AvgIpc) is 3.46. The van der Waals surface area contributed by atoms with E-state index in [-0.39, 0.29) is 17.4 Å². The number of carbonyl (C=O) groups excluding carboxylic acids is 2. The number of aromatic nitrogens is 1. The van der Waals surface area contributed by atoms with Crippen LogP contribution in [0.2, 0.25) is 0 Å². The molecule has 0 bridgehead atoms. The van der Waals surface area contributed by atoms with Gasteiger partial charge in [0.25, 0.3) is 5.78 Å². The van der Waals surface area contributed by atoms with Gasteiger partial charge in [-0.25, -0.2) is 4.98 Å². The Morgan fingerprint density at radius 3 is 2.33 bits per heavy atom. The monoisotopic (exact) mass is 542 g/mol. The third-order valence-electron chi connectivity index (χ3n) is 6.51. The van der Waals surface area contributed by atoms with Crippen molar-refractivity contribution in [1.29, 1.82) is 0 Å². The van der Waals surface area contributed by atoms with Gasteiger partial charge in [-0.3, -0.25) is 14.5 Å². The number of benzene rings is 3. The second-order valence-electron chi connectivity index (χ2n) is 9.51. The minimum absolute atomic E-state index is 0.00287. The van der Waals surface area contributed by atoms with Crippen molar-refractivity contribution < 1.29 is 24.2 Å². The molecule has 0 radical (unpaired) electrons. The quantitative estimate of drug-likeness (QED) is 0.152. The van der Waals surface area contributed by atoms with E-state index in [1.54, 1.807) is 36.4 Å². The molecular formula is C31H30N2O5S. The summed E-state index contributed by atoms with van der Waals surface area (Å²) in [4.78, 5) is 33.2. The van der Waals surface area contributed by atoms with Gasteiger partial charge in [-0.2, -0.15) is 0 Å². The average molecular weight is 543 g/mol. The van der Waals surface area contributed by atoms with Gasteiger partial charge in [0.2, 0.25) is 0 Å². The Morgan fingerprint density at radius 2 is 1.69 bits per heavy atom. The zero-order valence-corrected chi connectivity index (χ0v) is 23.1. The lowest BCUT2D eigenvalue weighted by molar-refractivity contribution is -0.132. The van der Waals surface area contributed by atoms with E-state index in [1.165, 1.54) is 16.2 Å². The van der Waals surface area contributed by atoms with E-state index in [9.17, 15) is 14.7 Å². The normalized spacial score (nSPS) is 16.8. The minimum Gasteiger partial charge on any atom is -0.507 e. The third-order valence-corrected chi connectivity index (χ3v) is 7.52. The van der Waals surface area contributed by atoms with Gasteiger partial charge in [-0.15, -0.1) is 0 Å². The number of thiazole rings is 1. The van der Waals surface area contributed by atoms with E-state index >= 15 is 0 Å². The third kappa shape index (κ3) is 5.12. The van der Waals surface area contributed by atoms with Crippen LogP contribution in [0.5, 0.6) is 11.5 Å². The van der Waals surface area contributed by atoms with Crippen molar-refractivity contribution in [1.82, 2.24) is 4.98 Å². The van der Waals surface area contributed by atoms with Gasteiger partial charge in [-0.1, -0.05) is 36.5 Å². The number of hydrogen-bond acceptors (Lipinski definition) is 7. The largest absolute Gasteiger partial charge is 0.507 e. The van der Waals surface area contributed by atoms with Crippen LogP contribution in [0.1, 0.15) is 50.4 Å². The number of anilines is 1. The number of carbonyl (C=O) groups is 2. The number of Topliss-reactive ketones (excluding diaryl/α,β-unsaturated/α-hetero) is 1. The molecular weight excluding hydrogens is 512 g/mol. The first-order valence-corrected chi connectivity index (χ1v) is 13.8. The Morgan fingerprint density at radius 1 is 1.00 bits per heavy atom. The number of ether oxygens (including phenoxy) is 2. The Labute approximate surface area is 231 Å². The summed E-state index contributed by atoms with van der Waals surface area (Å²) in [6.07, 6.45) is 0.873. The number of rotatable bonds is 8. The number of fused-ring (bicyclic) bond motifs is 1. The van der Waals surface area contributed by atoms with Gasteiger partial charge in [0, 0.05) is 5.56 Å². The van der Waals surface area contributed by atoms with Crippen molar-refractivity contribution in [3.63, 3.8) is 0 Å².